The fraction of sp³-hybridized carbons (Fsp3) is 0.278. The Hall–Kier alpha value is -1.81. The van der Waals surface area contributed by atoms with Gasteiger partial charge in [-0.05, 0) is 28.7 Å². The monoisotopic (exact) mass is 359 g/mol. The van der Waals surface area contributed by atoms with E-state index in [1.54, 1.807) is 0 Å². The second-order valence-electron chi connectivity index (χ2n) is 5.28. The third kappa shape index (κ3) is 2.52. The Labute approximate surface area is 139 Å². The van der Waals surface area contributed by atoms with E-state index in [4.69, 9.17) is 4.74 Å². The quantitative estimate of drug-likeness (QED) is 0.746. The van der Waals surface area contributed by atoms with Crippen LogP contribution in [0, 0.1) is 0 Å². The summed E-state index contributed by atoms with van der Waals surface area (Å²) in [5.74, 6) is 0. The van der Waals surface area contributed by atoms with E-state index in [1.807, 2.05) is 29.2 Å². The fourth-order valence-electron chi connectivity index (χ4n) is 3.14. The molecule has 0 heterocycles. The lowest BCUT2D eigenvalue weighted by atomic mass is 10.0. The van der Waals surface area contributed by atoms with Crippen LogP contribution < -0.4 is 0 Å². The molecule has 22 heavy (non-hydrogen) atoms. The molecule has 0 atom stereocenters. The summed E-state index contributed by atoms with van der Waals surface area (Å²) < 4.78 is 5.02. The van der Waals surface area contributed by atoms with Crippen LogP contribution in [0.15, 0.2) is 48.5 Å². The lowest BCUT2D eigenvalue weighted by molar-refractivity contribution is 0.113. The average molecular weight is 360 g/mol. The first-order valence-electron chi connectivity index (χ1n) is 7.36. The Morgan fingerprint density at radius 3 is 2.14 bits per heavy atom. The second-order valence-corrected chi connectivity index (χ2v) is 6.08. The molecule has 0 unspecified atom stereocenters. The molecule has 4 heteroatoms. The van der Waals surface area contributed by atoms with Crippen LogP contribution in [0.5, 0.6) is 0 Å². The summed E-state index contributed by atoms with van der Waals surface area (Å²) in [7, 11) is 1.44. The van der Waals surface area contributed by atoms with Crippen LogP contribution in [0.1, 0.15) is 23.6 Å². The van der Waals surface area contributed by atoms with Crippen LogP contribution in [0.3, 0.4) is 0 Å². The predicted molar refractivity (Wildman–Crippen MR) is 91.2 cm³/mol. The van der Waals surface area contributed by atoms with Crippen LogP contribution in [0.2, 0.25) is 0 Å². The van der Waals surface area contributed by atoms with Crippen molar-refractivity contribution >= 4 is 22.0 Å². The number of nitrogens with zero attached hydrogens (tertiary/aromatic N) is 1. The summed E-state index contributed by atoms with van der Waals surface area (Å²) in [6, 6.07) is 16.5. The third-order valence-corrected chi connectivity index (χ3v) is 4.62. The normalized spacial score (nSPS) is 12.6. The highest BCUT2D eigenvalue weighted by atomic mass is 79.9. The Morgan fingerprint density at radius 2 is 1.64 bits per heavy atom. The molecular weight excluding hydrogens is 342 g/mol. The van der Waals surface area contributed by atoms with Crippen molar-refractivity contribution in [3.8, 4) is 11.1 Å². The zero-order valence-corrected chi connectivity index (χ0v) is 14.0. The van der Waals surface area contributed by atoms with E-state index < -0.39 is 0 Å². The minimum absolute atomic E-state index is 0.0705. The van der Waals surface area contributed by atoms with Crippen LogP contribution in [0.25, 0.3) is 11.1 Å². The van der Waals surface area contributed by atoms with E-state index in [0.717, 1.165) is 11.8 Å². The van der Waals surface area contributed by atoms with Gasteiger partial charge in [0, 0.05) is 11.9 Å². The molecule has 1 amide bonds. The number of alkyl halides is 1. The summed E-state index contributed by atoms with van der Waals surface area (Å²) in [5.41, 5.74) is 4.75. The molecule has 2 aromatic rings. The topological polar surface area (TPSA) is 29.5 Å². The number of ether oxygens (including phenoxy) is 1. The number of hydrogen-bond acceptors (Lipinski definition) is 2. The molecule has 0 aliphatic heterocycles. The van der Waals surface area contributed by atoms with E-state index in [0.29, 0.717) is 6.54 Å². The molecule has 0 N–H and O–H groups in total. The fourth-order valence-corrected chi connectivity index (χ4v) is 3.39. The van der Waals surface area contributed by atoms with Gasteiger partial charge < -0.3 is 4.74 Å². The Kier molecular flexibility index (Phi) is 4.48. The maximum atomic E-state index is 12.3. The smallest absolute Gasteiger partial charge is 0.410 e. The van der Waals surface area contributed by atoms with Gasteiger partial charge in [-0.2, -0.15) is 0 Å². The summed E-state index contributed by atoms with van der Waals surface area (Å²) in [5, 5.41) is 0.858. The molecule has 114 valence electrons. The molecule has 0 spiro atoms. The zero-order chi connectivity index (χ0) is 15.5. The summed E-state index contributed by atoms with van der Waals surface area (Å²) >= 11 is 3.44. The highest BCUT2D eigenvalue weighted by molar-refractivity contribution is 9.09. The Balaban J connectivity index is 2.09. The standard InChI is InChI=1S/C18H18BrNO2/c1-22-18(21)20(12-6-11-19)17-15-9-4-2-7-13(15)14-8-3-5-10-16(14)17/h2-5,7-10,17H,6,11-12H2,1H3. The van der Waals surface area contributed by atoms with Gasteiger partial charge in [-0.15, -0.1) is 0 Å². The Morgan fingerprint density at radius 1 is 1.09 bits per heavy atom. The van der Waals surface area contributed by atoms with Crippen LogP contribution >= 0.6 is 15.9 Å². The summed E-state index contributed by atoms with van der Waals surface area (Å²) in [6.45, 7) is 0.658. The summed E-state index contributed by atoms with van der Waals surface area (Å²) in [6.07, 6.45) is 0.605. The van der Waals surface area contributed by atoms with Crippen molar-refractivity contribution in [3.63, 3.8) is 0 Å². The first-order chi connectivity index (χ1) is 10.8. The van der Waals surface area contributed by atoms with Crippen molar-refractivity contribution < 1.29 is 9.53 Å². The molecule has 1 aliphatic rings. The van der Waals surface area contributed by atoms with E-state index in [1.165, 1.54) is 29.4 Å². The highest BCUT2D eigenvalue weighted by Gasteiger charge is 2.35. The number of benzene rings is 2. The molecule has 0 saturated heterocycles. The average Bonchev–Trinajstić information content (AvgIpc) is 2.90. The number of hydrogen-bond donors (Lipinski definition) is 0. The molecule has 0 saturated carbocycles. The van der Waals surface area contributed by atoms with Crippen molar-refractivity contribution in [2.75, 3.05) is 19.0 Å². The minimum Gasteiger partial charge on any atom is -0.453 e. The molecule has 1 aliphatic carbocycles. The lowest BCUT2D eigenvalue weighted by Crippen LogP contribution is -2.35. The number of halogens is 1. The molecular formula is C18H18BrNO2. The van der Waals surface area contributed by atoms with E-state index in [-0.39, 0.29) is 12.1 Å². The number of methoxy groups -OCH3 is 1. The number of amides is 1. The van der Waals surface area contributed by atoms with Crippen molar-refractivity contribution in [2.24, 2.45) is 0 Å². The van der Waals surface area contributed by atoms with Crippen molar-refractivity contribution in [3.05, 3.63) is 59.7 Å². The van der Waals surface area contributed by atoms with Crippen molar-refractivity contribution in [1.82, 2.24) is 4.90 Å². The lowest BCUT2D eigenvalue weighted by Gasteiger charge is -2.29. The molecule has 0 radical (unpaired) electrons. The van der Waals surface area contributed by atoms with Gasteiger partial charge in [-0.3, -0.25) is 4.90 Å². The maximum absolute atomic E-state index is 12.3. The van der Waals surface area contributed by atoms with Gasteiger partial charge in [0.15, 0.2) is 0 Å². The zero-order valence-electron chi connectivity index (χ0n) is 12.5. The van der Waals surface area contributed by atoms with E-state index in [2.05, 4.69) is 40.2 Å². The first-order valence-corrected chi connectivity index (χ1v) is 8.49. The van der Waals surface area contributed by atoms with E-state index in [9.17, 15) is 4.79 Å². The number of carbonyl (C=O) groups is 1. The molecule has 0 bridgehead atoms. The maximum Gasteiger partial charge on any atom is 0.410 e. The van der Waals surface area contributed by atoms with Crippen molar-refractivity contribution in [2.45, 2.75) is 12.5 Å². The van der Waals surface area contributed by atoms with Crippen LogP contribution in [-0.4, -0.2) is 30.0 Å². The van der Waals surface area contributed by atoms with Gasteiger partial charge in [0.2, 0.25) is 0 Å². The van der Waals surface area contributed by atoms with Crippen LogP contribution in [-0.2, 0) is 4.74 Å². The first kappa shape index (κ1) is 15.1. The van der Waals surface area contributed by atoms with Gasteiger partial charge in [0.25, 0.3) is 0 Å². The number of fused-ring (bicyclic) bond motifs is 3. The molecule has 3 nitrogen and oxygen atoms in total. The summed E-state index contributed by atoms with van der Waals surface area (Å²) in [4.78, 5) is 14.1. The van der Waals surface area contributed by atoms with E-state index >= 15 is 0 Å². The molecule has 0 aromatic heterocycles. The largest absolute Gasteiger partial charge is 0.453 e. The van der Waals surface area contributed by atoms with Gasteiger partial charge in [-0.1, -0.05) is 64.5 Å². The number of carbonyl (C=O) groups excluding carboxylic acids is 1. The Bertz CT molecular complexity index is 641. The highest BCUT2D eigenvalue weighted by Crippen LogP contribution is 2.46. The van der Waals surface area contributed by atoms with Gasteiger partial charge in [0.05, 0.1) is 13.2 Å². The third-order valence-electron chi connectivity index (χ3n) is 4.05. The van der Waals surface area contributed by atoms with Gasteiger partial charge in [-0.25, -0.2) is 4.79 Å². The van der Waals surface area contributed by atoms with Gasteiger partial charge in [0.1, 0.15) is 0 Å². The molecule has 2 aromatic carbocycles. The molecule has 0 fully saturated rings. The van der Waals surface area contributed by atoms with Crippen molar-refractivity contribution in [1.29, 1.82) is 0 Å². The minimum atomic E-state index is -0.280. The van der Waals surface area contributed by atoms with Gasteiger partial charge >= 0.3 is 6.09 Å². The van der Waals surface area contributed by atoms with Crippen LogP contribution in [0.4, 0.5) is 4.79 Å². The molecule has 3 rings (SSSR count). The predicted octanol–water partition coefficient (Wildman–Crippen LogP) is 4.61. The SMILES string of the molecule is COC(=O)N(CCCBr)C1c2ccccc2-c2ccccc21. The number of rotatable bonds is 4. The second kappa shape index (κ2) is 6.53.